The summed E-state index contributed by atoms with van der Waals surface area (Å²) in [5, 5.41) is 26.5. The second kappa shape index (κ2) is 16.5. The van der Waals surface area contributed by atoms with Crippen LogP contribution >= 0.6 is 0 Å². The van der Waals surface area contributed by atoms with Crippen LogP contribution in [0.5, 0.6) is 5.75 Å². The van der Waals surface area contributed by atoms with Crippen molar-refractivity contribution in [2.45, 2.75) is 76.0 Å². The molecule has 0 fully saturated rings. The van der Waals surface area contributed by atoms with E-state index < -0.39 is 47.9 Å². The zero-order chi connectivity index (χ0) is 27.1. The maximum atomic E-state index is 13.0. The van der Waals surface area contributed by atoms with Crippen molar-refractivity contribution in [3.05, 3.63) is 29.8 Å². The fourth-order valence-corrected chi connectivity index (χ4v) is 3.42. The number of nitrogens with two attached hydrogens (primary N) is 3. The lowest BCUT2D eigenvalue weighted by Crippen LogP contribution is -2.56. The summed E-state index contributed by atoms with van der Waals surface area (Å²) < 4.78 is 0. The molecule has 4 atom stereocenters. The Morgan fingerprint density at radius 1 is 0.806 bits per heavy atom. The molecule has 12 nitrogen and oxygen atoms in total. The third kappa shape index (κ3) is 11.5. The van der Waals surface area contributed by atoms with Crippen molar-refractivity contribution in [2.75, 3.05) is 13.1 Å². The largest absolute Gasteiger partial charge is 0.508 e. The minimum Gasteiger partial charge on any atom is -0.508 e. The van der Waals surface area contributed by atoms with Crippen LogP contribution in [-0.4, -0.2) is 71.2 Å². The molecule has 0 aliphatic rings. The van der Waals surface area contributed by atoms with Gasteiger partial charge in [0.05, 0.1) is 6.04 Å². The minimum absolute atomic E-state index is 0.0513. The molecule has 0 saturated heterocycles. The van der Waals surface area contributed by atoms with Crippen LogP contribution in [0.1, 0.15) is 51.0 Å². The van der Waals surface area contributed by atoms with E-state index in [1.807, 2.05) is 0 Å². The molecule has 1 aromatic carbocycles. The molecule has 1 aromatic rings. The zero-order valence-corrected chi connectivity index (χ0v) is 20.7. The van der Waals surface area contributed by atoms with E-state index in [9.17, 15) is 29.4 Å². The number of unbranched alkanes of at least 4 members (excludes halogenated alkanes) is 2. The number of aliphatic carboxylic acids is 1. The Hall–Kier alpha value is -3.22. The number of carbonyl (C=O) groups is 4. The number of benzene rings is 1. The fourth-order valence-electron chi connectivity index (χ4n) is 3.42. The smallest absolute Gasteiger partial charge is 0.326 e. The van der Waals surface area contributed by atoms with Crippen LogP contribution in [-0.2, 0) is 25.6 Å². The molecule has 202 valence electrons. The predicted octanol–water partition coefficient (Wildman–Crippen LogP) is -0.921. The van der Waals surface area contributed by atoms with Crippen LogP contribution < -0.4 is 33.2 Å². The molecule has 3 amide bonds. The molecule has 0 aliphatic heterocycles. The Morgan fingerprint density at radius 2 is 1.36 bits per heavy atom. The number of carbonyl (C=O) groups excluding carboxylic acids is 3. The first kappa shape index (κ1) is 30.8. The van der Waals surface area contributed by atoms with E-state index >= 15 is 0 Å². The highest BCUT2D eigenvalue weighted by molar-refractivity contribution is 5.94. The van der Waals surface area contributed by atoms with E-state index in [4.69, 9.17) is 17.2 Å². The van der Waals surface area contributed by atoms with Gasteiger partial charge in [-0.3, -0.25) is 14.4 Å². The zero-order valence-electron chi connectivity index (χ0n) is 20.7. The molecular weight excluding hydrogens is 468 g/mol. The summed E-state index contributed by atoms with van der Waals surface area (Å²) in [5.74, 6) is -2.95. The van der Waals surface area contributed by atoms with Crippen LogP contribution in [0, 0.1) is 0 Å². The number of carboxylic acid groups (broad SMARTS) is 1. The average Bonchev–Trinajstić information content (AvgIpc) is 2.84. The lowest BCUT2D eigenvalue weighted by molar-refractivity contribution is -0.142. The highest BCUT2D eigenvalue weighted by Gasteiger charge is 2.28. The van der Waals surface area contributed by atoms with Gasteiger partial charge < -0.3 is 43.4 Å². The first-order chi connectivity index (χ1) is 17.1. The molecule has 4 unspecified atom stereocenters. The van der Waals surface area contributed by atoms with Gasteiger partial charge in [0.2, 0.25) is 17.7 Å². The fraction of sp³-hybridized carbons (Fsp3) is 0.583. The normalized spacial score (nSPS) is 14.2. The van der Waals surface area contributed by atoms with Gasteiger partial charge in [0.25, 0.3) is 0 Å². The second-order valence-corrected chi connectivity index (χ2v) is 8.74. The van der Waals surface area contributed by atoms with E-state index in [1.54, 1.807) is 12.1 Å². The van der Waals surface area contributed by atoms with Gasteiger partial charge in [-0.15, -0.1) is 0 Å². The summed E-state index contributed by atoms with van der Waals surface area (Å²) >= 11 is 0. The number of aromatic hydroxyl groups is 1. The van der Waals surface area contributed by atoms with Crippen molar-refractivity contribution in [2.24, 2.45) is 17.2 Å². The lowest BCUT2D eigenvalue weighted by atomic mass is 10.0. The second-order valence-electron chi connectivity index (χ2n) is 8.74. The van der Waals surface area contributed by atoms with E-state index in [-0.39, 0.29) is 18.6 Å². The molecular formula is C24H40N6O6. The van der Waals surface area contributed by atoms with Crippen molar-refractivity contribution < 1.29 is 29.4 Å². The van der Waals surface area contributed by atoms with Crippen LogP contribution in [0.4, 0.5) is 0 Å². The molecule has 0 radical (unpaired) electrons. The third-order valence-electron chi connectivity index (χ3n) is 5.63. The number of hydrogen-bond acceptors (Lipinski definition) is 8. The molecule has 0 aromatic heterocycles. The number of phenolic OH excluding ortho intramolecular Hbond substituents is 1. The number of amides is 3. The highest BCUT2D eigenvalue weighted by Crippen LogP contribution is 2.12. The van der Waals surface area contributed by atoms with Crippen LogP contribution in [0.15, 0.2) is 24.3 Å². The maximum absolute atomic E-state index is 13.0. The Balaban J connectivity index is 2.87. The summed E-state index contributed by atoms with van der Waals surface area (Å²) in [6.07, 6.45) is 3.22. The number of carboxylic acids is 1. The number of hydrogen-bond donors (Lipinski definition) is 8. The lowest BCUT2D eigenvalue weighted by Gasteiger charge is -2.24. The molecule has 0 heterocycles. The van der Waals surface area contributed by atoms with Gasteiger partial charge in [-0.2, -0.15) is 0 Å². The Morgan fingerprint density at radius 3 is 1.92 bits per heavy atom. The number of rotatable bonds is 17. The highest BCUT2D eigenvalue weighted by atomic mass is 16.4. The number of phenols is 1. The van der Waals surface area contributed by atoms with E-state index in [0.717, 1.165) is 0 Å². The Kier molecular flexibility index (Phi) is 14.1. The predicted molar refractivity (Wildman–Crippen MR) is 135 cm³/mol. The molecule has 0 saturated carbocycles. The Bertz CT molecular complexity index is 850. The summed E-state index contributed by atoms with van der Waals surface area (Å²) in [5.41, 5.74) is 17.5. The van der Waals surface area contributed by atoms with Gasteiger partial charge in [0, 0.05) is 6.42 Å². The number of nitrogens with one attached hydrogen (secondary N) is 3. The molecule has 36 heavy (non-hydrogen) atoms. The molecule has 0 bridgehead atoms. The van der Waals surface area contributed by atoms with Gasteiger partial charge in [-0.05, 0) is 69.8 Å². The van der Waals surface area contributed by atoms with Crippen molar-refractivity contribution in [3.63, 3.8) is 0 Å². The monoisotopic (exact) mass is 508 g/mol. The van der Waals surface area contributed by atoms with Crippen molar-refractivity contribution in [3.8, 4) is 5.75 Å². The van der Waals surface area contributed by atoms with Crippen LogP contribution in [0.3, 0.4) is 0 Å². The van der Waals surface area contributed by atoms with Gasteiger partial charge in [-0.1, -0.05) is 18.6 Å². The van der Waals surface area contributed by atoms with E-state index in [2.05, 4.69) is 16.0 Å². The van der Waals surface area contributed by atoms with Gasteiger partial charge in [0.15, 0.2) is 0 Å². The third-order valence-corrected chi connectivity index (χ3v) is 5.63. The van der Waals surface area contributed by atoms with Gasteiger partial charge in [0.1, 0.15) is 23.9 Å². The van der Waals surface area contributed by atoms with Crippen LogP contribution in [0.25, 0.3) is 0 Å². The van der Waals surface area contributed by atoms with Crippen LogP contribution in [0.2, 0.25) is 0 Å². The Labute approximate surface area is 211 Å². The quantitative estimate of drug-likeness (QED) is 0.122. The van der Waals surface area contributed by atoms with Gasteiger partial charge in [-0.25, -0.2) is 4.79 Å². The van der Waals surface area contributed by atoms with Gasteiger partial charge >= 0.3 is 5.97 Å². The van der Waals surface area contributed by atoms with Crippen molar-refractivity contribution in [1.29, 1.82) is 0 Å². The minimum atomic E-state index is -1.18. The van der Waals surface area contributed by atoms with Crippen molar-refractivity contribution >= 4 is 23.7 Å². The summed E-state index contributed by atoms with van der Waals surface area (Å²) in [6, 6.07) is 2.06. The molecule has 11 N–H and O–H groups in total. The topological polar surface area (TPSA) is 223 Å². The molecule has 0 spiro atoms. The molecule has 0 aliphatic carbocycles. The van der Waals surface area contributed by atoms with E-state index in [1.165, 1.54) is 19.1 Å². The average molecular weight is 509 g/mol. The first-order valence-electron chi connectivity index (χ1n) is 12.2. The molecule has 12 heteroatoms. The summed E-state index contributed by atoms with van der Waals surface area (Å²) in [6.45, 7) is 2.32. The van der Waals surface area contributed by atoms with Crippen molar-refractivity contribution in [1.82, 2.24) is 16.0 Å². The SMILES string of the molecule is CC(NC(=O)C(Cc1ccc(O)cc1)NC(=O)C(N)CCCCN)C(=O)NC(CCCCN)C(=O)O. The van der Waals surface area contributed by atoms with E-state index in [0.29, 0.717) is 50.8 Å². The standard InChI is InChI=1S/C24H40N6O6/c1-15(21(32)29-19(24(35)36)7-3-5-13-26)28-23(34)20(14-16-8-10-17(31)11-9-16)30-22(33)18(27)6-2-4-12-25/h8-11,15,18-20,31H,2-7,12-14,25-27H2,1H3,(H,28,34)(H,29,32)(H,30,33)(H,35,36). The summed E-state index contributed by atoms with van der Waals surface area (Å²) in [4.78, 5) is 49.7. The maximum Gasteiger partial charge on any atom is 0.326 e. The first-order valence-corrected chi connectivity index (χ1v) is 12.2. The summed E-state index contributed by atoms with van der Waals surface area (Å²) in [7, 11) is 0. The molecule has 1 rings (SSSR count).